The molecular weight excluding hydrogens is 374 g/mol. The first-order valence-corrected chi connectivity index (χ1v) is 11.9. The molecule has 1 amide bonds. The maximum atomic E-state index is 12.6. The molecule has 1 N–H and O–H groups in total. The summed E-state index contributed by atoms with van der Waals surface area (Å²) >= 11 is 0. The molecule has 1 saturated heterocycles. The third-order valence-corrected chi connectivity index (χ3v) is 7.26. The van der Waals surface area contributed by atoms with E-state index in [-0.39, 0.29) is 17.6 Å². The molecule has 1 fully saturated rings. The molecule has 0 unspecified atom stereocenters. The maximum absolute atomic E-state index is 12.6. The zero-order chi connectivity index (χ0) is 20.7. The molecule has 0 aliphatic carbocycles. The van der Waals surface area contributed by atoms with E-state index in [4.69, 9.17) is 0 Å². The van der Waals surface area contributed by atoms with Crippen molar-refractivity contribution >= 4 is 15.9 Å². The number of sulfonamides is 1. The predicted octanol–water partition coefficient (Wildman–Crippen LogP) is 2.46. The fourth-order valence-electron chi connectivity index (χ4n) is 3.84. The number of benzene rings is 1. The number of nitrogens with one attached hydrogen (secondary N) is 1. The van der Waals surface area contributed by atoms with Crippen molar-refractivity contribution in [2.75, 3.05) is 26.2 Å². The van der Waals surface area contributed by atoms with Crippen LogP contribution in [-0.4, -0.2) is 61.8 Å². The Bertz CT molecular complexity index is 704. The highest BCUT2D eigenvalue weighted by Crippen LogP contribution is 2.21. The molecular formula is C21H35N3O3S. The Morgan fingerprint density at radius 3 is 2.21 bits per heavy atom. The second-order valence-electron chi connectivity index (χ2n) is 8.13. The summed E-state index contributed by atoms with van der Waals surface area (Å²) in [5.74, 6) is -0.0346. The van der Waals surface area contributed by atoms with Crippen LogP contribution in [-0.2, 0) is 20.6 Å². The Kier molecular flexibility index (Phi) is 8.46. The highest BCUT2D eigenvalue weighted by atomic mass is 32.2. The van der Waals surface area contributed by atoms with E-state index < -0.39 is 10.0 Å². The van der Waals surface area contributed by atoms with Gasteiger partial charge in [-0.25, -0.2) is 12.7 Å². The molecule has 0 radical (unpaired) electrons. The maximum Gasteiger partial charge on any atom is 0.223 e. The van der Waals surface area contributed by atoms with E-state index >= 15 is 0 Å². The van der Waals surface area contributed by atoms with Crippen LogP contribution in [0.15, 0.2) is 30.3 Å². The van der Waals surface area contributed by atoms with Crippen LogP contribution in [0.4, 0.5) is 0 Å². The number of rotatable bonds is 9. The van der Waals surface area contributed by atoms with Crippen molar-refractivity contribution in [3.63, 3.8) is 0 Å². The first-order chi connectivity index (χ1) is 13.2. The topological polar surface area (TPSA) is 69.7 Å². The minimum Gasteiger partial charge on any atom is -0.355 e. The van der Waals surface area contributed by atoms with Crippen molar-refractivity contribution in [1.29, 1.82) is 0 Å². The molecule has 1 aliphatic rings. The standard InChI is InChI=1S/C21H35N3O3S/c1-17(2)24(18(3)4)15-12-22-21(25)20-10-13-23(14-11-20)28(26,27)16-19-8-6-5-7-9-19/h5-9,17-18,20H,10-16H2,1-4H3,(H,22,25). The third-order valence-electron chi connectivity index (χ3n) is 5.41. The molecule has 0 saturated carbocycles. The lowest BCUT2D eigenvalue weighted by Gasteiger charge is -2.32. The van der Waals surface area contributed by atoms with Gasteiger partial charge in [0.05, 0.1) is 5.75 Å². The number of carbonyl (C=O) groups is 1. The lowest BCUT2D eigenvalue weighted by molar-refractivity contribution is -0.126. The van der Waals surface area contributed by atoms with Gasteiger partial charge in [0.1, 0.15) is 0 Å². The lowest BCUT2D eigenvalue weighted by Crippen LogP contribution is -2.46. The Hall–Kier alpha value is -1.44. The third kappa shape index (κ3) is 6.57. The molecule has 6 nitrogen and oxygen atoms in total. The summed E-state index contributed by atoms with van der Waals surface area (Å²) in [6.45, 7) is 10.9. The van der Waals surface area contributed by atoms with Crippen molar-refractivity contribution < 1.29 is 13.2 Å². The normalized spacial score (nSPS) is 16.8. The number of hydrogen-bond donors (Lipinski definition) is 1. The Balaban J connectivity index is 1.78. The summed E-state index contributed by atoms with van der Waals surface area (Å²) in [7, 11) is -3.34. The molecule has 158 valence electrons. The fraction of sp³-hybridized carbons (Fsp3) is 0.667. The van der Waals surface area contributed by atoms with Gasteiger partial charge in [-0.3, -0.25) is 9.69 Å². The summed E-state index contributed by atoms with van der Waals surface area (Å²) in [6.07, 6.45) is 1.16. The van der Waals surface area contributed by atoms with Gasteiger partial charge >= 0.3 is 0 Å². The van der Waals surface area contributed by atoms with Gasteiger partial charge in [-0.2, -0.15) is 0 Å². The van der Waals surface area contributed by atoms with Gasteiger partial charge in [0, 0.05) is 44.2 Å². The predicted molar refractivity (Wildman–Crippen MR) is 113 cm³/mol. The van der Waals surface area contributed by atoms with Crippen LogP contribution in [0.25, 0.3) is 0 Å². The van der Waals surface area contributed by atoms with Gasteiger partial charge in [0.25, 0.3) is 0 Å². The molecule has 1 aliphatic heterocycles. The van der Waals surface area contributed by atoms with Gasteiger partial charge < -0.3 is 5.32 Å². The zero-order valence-corrected chi connectivity index (χ0v) is 18.4. The number of hydrogen-bond acceptors (Lipinski definition) is 4. The lowest BCUT2D eigenvalue weighted by atomic mass is 9.97. The van der Waals surface area contributed by atoms with Crippen LogP contribution in [0.5, 0.6) is 0 Å². The Labute approximate surface area is 170 Å². The van der Waals surface area contributed by atoms with Crippen LogP contribution < -0.4 is 5.32 Å². The molecule has 0 aromatic heterocycles. The van der Waals surface area contributed by atoms with Crippen molar-refractivity contribution in [3.05, 3.63) is 35.9 Å². The van der Waals surface area contributed by atoms with Crippen LogP contribution in [0, 0.1) is 5.92 Å². The Morgan fingerprint density at radius 2 is 1.68 bits per heavy atom. The van der Waals surface area contributed by atoms with E-state index in [9.17, 15) is 13.2 Å². The van der Waals surface area contributed by atoms with Crippen molar-refractivity contribution in [1.82, 2.24) is 14.5 Å². The second-order valence-corrected chi connectivity index (χ2v) is 10.1. The monoisotopic (exact) mass is 409 g/mol. The largest absolute Gasteiger partial charge is 0.355 e. The van der Waals surface area contributed by atoms with E-state index in [2.05, 4.69) is 37.9 Å². The van der Waals surface area contributed by atoms with Gasteiger partial charge in [-0.1, -0.05) is 30.3 Å². The average molecular weight is 410 g/mol. The number of amides is 1. The minimum absolute atomic E-state index is 0.0188. The number of piperidine rings is 1. The highest BCUT2D eigenvalue weighted by Gasteiger charge is 2.31. The van der Waals surface area contributed by atoms with Crippen LogP contribution in [0.1, 0.15) is 46.1 Å². The van der Waals surface area contributed by atoms with Crippen molar-refractivity contribution in [2.24, 2.45) is 5.92 Å². The first-order valence-electron chi connectivity index (χ1n) is 10.3. The summed E-state index contributed by atoms with van der Waals surface area (Å²) in [6, 6.07) is 10.1. The Morgan fingerprint density at radius 1 is 1.11 bits per heavy atom. The smallest absolute Gasteiger partial charge is 0.223 e. The van der Waals surface area contributed by atoms with Crippen LogP contribution >= 0.6 is 0 Å². The number of carbonyl (C=O) groups excluding carboxylic acids is 1. The molecule has 2 rings (SSSR count). The molecule has 0 spiro atoms. The van der Waals surface area contributed by atoms with E-state index in [1.54, 1.807) is 0 Å². The first kappa shape index (κ1) is 22.8. The molecule has 7 heteroatoms. The van der Waals surface area contributed by atoms with Crippen LogP contribution in [0.2, 0.25) is 0 Å². The van der Waals surface area contributed by atoms with Gasteiger partial charge in [0.15, 0.2) is 0 Å². The van der Waals surface area contributed by atoms with Crippen LogP contribution in [0.3, 0.4) is 0 Å². The molecule has 1 aromatic rings. The van der Waals surface area contributed by atoms with E-state index in [0.717, 1.165) is 12.1 Å². The van der Waals surface area contributed by atoms with E-state index in [0.29, 0.717) is 44.6 Å². The average Bonchev–Trinajstić information content (AvgIpc) is 2.65. The highest BCUT2D eigenvalue weighted by molar-refractivity contribution is 7.88. The summed E-state index contributed by atoms with van der Waals surface area (Å²) in [4.78, 5) is 14.8. The van der Waals surface area contributed by atoms with Gasteiger partial charge in [-0.15, -0.1) is 0 Å². The SMILES string of the molecule is CC(C)N(CCNC(=O)C1CCN(S(=O)(=O)Cc2ccccc2)CC1)C(C)C. The quantitative estimate of drug-likeness (QED) is 0.680. The molecule has 28 heavy (non-hydrogen) atoms. The minimum atomic E-state index is -3.34. The summed E-state index contributed by atoms with van der Waals surface area (Å²) in [5, 5.41) is 3.04. The van der Waals surface area contributed by atoms with Gasteiger partial charge in [-0.05, 0) is 46.1 Å². The van der Waals surface area contributed by atoms with Crippen molar-refractivity contribution in [2.45, 2.75) is 58.4 Å². The second kappa shape index (κ2) is 10.4. The summed E-state index contributed by atoms with van der Waals surface area (Å²) < 4.78 is 26.8. The zero-order valence-electron chi connectivity index (χ0n) is 17.6. The molecule has 1 heterocycles. The van der Waals surface area contributed by atoms with Crippen molar-refractivity contribution in [3.8, 4) is 0 Å². The van der Waals surface area contributed by atoms with E-state index in [1.807, 2.05) is 30.3 Å². The van der Waals surface area contributed by atoms with Gasteiger partial charge in [0.2, 0.25) is 15.9 Å². The fourth-order valence-corrected chi connectivity index (χ4v) is 5.40. The van der Waals surface area contributed by atoms with E-state index in [1.165, 1.54) is 4.31 Å². The molecule has 0 bridgehead atoms. The molecule has 1 aromatic carbocycles. The summed E-state index contributed by atoms with van der Waals surface area (Å²) in [5.41, 5.74) is 0.794. The molecule has 0 atom stereocenters. The number of nitrogens with zero attached hydrogens (tertiary/aromatic N) is 2.